The summed E-state index contributed by atoms with van der Waals surface area (Å²) < 4.78 is 12.3. The Morgan fingerprint density at radius 3 is 2.86 bits per heavy atom. The second-order valence-corrected chi connectivity index (χ2v) is 5.56. The fourth-order valence-corrected chi connectivity index (χ4v) is 2.74. The van der Waals surface area contributed by atoms with Crippen molar-refractivity contribution in [1.29, 1.82) is 0 Å². The van der Waals surface area contributed by atoms with Gasteiger partial charge >= 0.3 is 5.97 Å². The number of aromatic nitrogens is 3. The van der Waals surface area contributed by atoms with Crippen LogP contribution in [-0.4, -0.2) is 33.6 Å². The maximum Gasteiger partial charge on any atom is 0.316 e. The molecule has 0 aliphatic rings. The molecule has 0 fully saturated rings. The van der Waals surface area contributed by atoms with Crippen molar-refractivity contribution in [2.45, 2.75) is 32.2 Å². The first-order chi connectivity index (χ1) is 10.6. The van der Waals surface area contributed by atoms with Gasteiger partial charge in [-0.25, -0.2) is 0 Å². The summed E-state index contributed by atoms with van der Waals surface area (Å²) in [6.45, 7) is 5.07. The van der Waals surface area contributed by atoms with Gasteiger partial charge in [-0.05, 0) is 31.5 Å². The van der Waals surface area contributed by atoms with Gasteiger partial charge in [0.05, 0.1) is 12.9 Å². The smallest absolute Gasteiger partial charge is 0.316 e. The highest BCUT2D eigenvalue weighted by molar-refractivity contribution is 7.99. The average Bonchev–Trinajstić information content (AvgIpc) is 2.92. The molecular weight excluding hydrogens is 302 g/mol. The highest BCUT2D eigenvalue weighted by Gasteiger charge is 2.13. The number of carbonyl (C=O) groups excluding carboxylic acids is 1. The Morgan fingerprint density at radius 2 is 2.18 bits per heavy atom. The highest BCUT2D eigenvalue weighted by atomic mass is 32.2. The van der Waals surface area contributed by atoms with E-state index >= 15 is 0 Å². The van der Waals surface area contributed by atoms with Gasteiger partial charge in [0.2, 0.25) is 0 Å². The van der Waals surface area contributed by atoms with Crippen LogP contribution in [0.4, 0.5) is 0 Å². The SMILES string of the molecule is CCn1c(COc2cccc(C)c2)nnc1SCC(=O)OC. The molecule has 2 rings (SSSR count). The molecule has 0 aliphatic carbocycles. The number of nitrogens with zero attached hydrogens (tertiary/aromatic N) is 3. The number of methoxy groups -OCH3 is 1. The summed E-state index contributed by atoms with van der Waals surface area (Å²) in [6.07, 6.45) is 0. The third kappa shape index (κ3) is 4.24. The van der Waals surface area contributed by atoms with Crippen LogP contribution in [0.3, 0.4) is 0 Å². The van der Waals surface area contributed by atoms with Crippen molar-refractivity contribution in [3.05, 3.63) is 35.7 Å². The average molecular weight is 321 g/mol. The summed E-state index contributed by atoms with van der Waals surface area (Å²) in [7, 11) is 1.37. The number of hydrogen-bond donors (Lipinski definition) is 0. The van der Waals surface area contributed by atoms with Crippen molar-refractivity contribution in [1.82, 2.24) is 14.8 Å². The molecule has 0 amide bonds. The lowest BCUT2D eigenvalue weighted by molar-refractivity contribution is -0.137. The molecular formula is C15H19N3O3S. The molecule has 0 atom stereocenters. The van der Waals surface area contributed by atoms with E-state index in [2.05, 4.69) is 14.9 Å². The van der Waals surface area contributed by atoms with Crippen LogP contribution in [0.2, 0.25) is 0 Å². The Bertz CT molecular complexity index is 643. The minimum Gasteiger partial charge on any atom is -0.486 e. The fourth-order valence-electron chi connectivity index (χ4n) is 1.89. The minimum absolute atomic E-state index is 0.216. The van der Waals surface area contributed by atoms with Crippen molar-refractivity contribution >= 4 is 17.7 Å². The molecule has 2 aromatic rings. The van der Waals surface area contributed by atoms with Gasteiger partial charge in [0.15, 0.2) is 11.0 Å². The van der Waals surface area contributed by atoms with Crippen molar-refractivity contribution < 1.29 is 14.3 Å². The van der Waals surface area contributed by atoms with Gasteiger partial charge in [0.25, 0.3) is 0 Å². The van der Waals surface area contributed by atoms with Gasteiger partial charge in [-0.15, -0.1) is 10.2 Å². The molecule has 0 saturated carbocycles. The van der Waals surface area contributed by atoms with Gasteiger partial charge < -0.3 is 14.0 Å². The lowest BCUT2D eigenvalue weighted by atomic mass is 10.2. The topological polar surface area (TPSA) is 66.2 Å². The lowest BCUT2D eigenvalue weighted by Crippen LogP contribution is -2.08. The summed E-state index contributed by atoms with van der Waals surface area (Å²) in [5.74, 6) is 1.46. The Balaban J connectivity index is 2.02. The van der Waals surface area contributed by atoms with E-state index in [9.17, 15) is 4.79 Å². The lowest BCUT2D eigenvalue weighted by Gasteiger charge is -2.09. The Labute approximate surface area is 133 Å². The van der Waals surface area contributed by atoms with Crippen molar-refractivity contribution in [3.8, 4) is 5.75 Å². The monoisotopic (exact) mass is 321 g/mol. The summed E-state index contributed by atoms with van der Waals surface area (Å²) >= 11 is 1.31. The van der Waals surface area contributed by atoms with E-state index in [4.69, 9.17) is 4.74 Å². The molecule has 0 bridgehead atoms. The zero-order chi connectivity index (χ0) is 15.9. The summed E-state index contributed by atoms with van der Waals surface area (Å²) in [6, 6.07) is 7.85. The number of thioether (sulfide) groups is 1. The fraction of sp³-hybridized carbons (Fsp3) is 0.400. The van der Waals surface area contributed by atoms with Crippen LogP contribution in [-0.2, 0) is 22.7 Å². The van der Waals surface area contributed by atoms with E-state index in [-0.39, 0.29) is 11.7 Å². The standard InChI is InChI=1S/C15H19N3O3S/c1-4-18-13(9-21-12-7-5-6-11(2)8-12)16-17-15(18)22-10-14(19)20-3/h5-8H,4,9-10H2,1-3H3. The van der Waals surface area contributed by atoms with Gasteiger partial charge in [0.1, 0.15) is 12.4 Å². The van der Waals surface area contributed by atoms with E-state index in [0.29, 0.717) is 18.3 Å². The minimum atomic E-state index is -0.284. The molecule has 0 N–H and O–H groups in total. The number of aryl methyl sites for hydroxylation is 1. The normalized spacial score (nSPS) is 10.5. The molecule has 0 unspecified atom stereocenters. The molecule has 0 aliphatic heterocycles. The van der Waals surface area contributed by atoms with Crippen LogP contribution >= 0.6 is 11.8 Å². The van der Waals surface area contributed by atoms with Crippen LogP contribution in [0.15, 0.2) is 29.4 Å². The van der Waals surface area contributed by atoms with Crippen LogP contribution < -0.4 is 4.74 Å². The van der Waals surface area contributed by atoms with Crippen LogP contribution in [0.25, 0.3) is 0 Å². The summed E-state index contributed by atoms with van der Waals surface area (Å²) in [4.78, 5) is 11.2. The number of hydrogen-bond acceptors (Lipinski definition) is 6. The number of esters is 1. The molecule has 0 saturated heterocycles. The molecule has 118 valence electrons. The molecule has 22 heavy (non-hydrogen) atoms. The van der Waals surface area contributed by atoms with Crippen molar-refractivity contribution in [3.63, 3.8) is 0 Å². The zero-order valence-electron chi connectivity index (χ0n) is 12.9. The second-order valence-electron chi connectivity index (χ2n) is 4.61. The number of ether oxygens (including phenoxy) is 2. The Hall–Kier alpha value is -2.02. The van der Waals surface area contributed by atoms with Gasteiger partial charge in [-0.1, -0.05) is 23.9 Å². The summed E-state index contributed by atoms with van der Waals surface area (Å²) in [5, 5.41) is 8.94. The number of benzene rings is 1. The van der Waals surface area contributed by atoms with Gasteiger partial charge in [-0.3, -0.25) is 4.79 Å². The first-order valence-corrected chi connectivity index (χ1v) is 7.93. The second kappa shape index (κ2) is 7.84. The maximum atomic E-state index is 11.2. The predicted molar refractivity (Wildman–Crippen MR) is 83.9 cm³/mol. The quantitative estimate of drug-likeness (QED) is 0.576. The highest BCUT2D eigenvalue weighted by Crippen LogP contribution is 2.19. The van der Waals surface area contributed by atoms with Gasteiger partial charge in [0, 0.05) is 6.54 Å². The van der Waals surface area contributed by atoms with E-state index in [1.807, 2.05) is 42.7 Å². The Kier molecular flexibility index (Phi) is 5.83. The zero-order valence-corrected chi connectivity index (χ0v) is 13.7. The van der Waals surface area contributed by atoms with Gasteiger partial charge in [-0.2, -0.15) is 0 Å². The first-order valence-electron chi connectivity index (χ1n) is 6.95. The molecule has 1 heterocycles. The van der Waals surface area contributed by atoms with E-state index < -0.39 is 0 Å². The molecule has 0 spiro atoms. The van der Waals surface area contributed by atoms with E-state index in [1.54, 1.807) is 0 Å². The molecule has 1 aromatic heterocycles. The molecule has 7 heteroatoms. The Morgan fingerprint density at radius 1 is 1.36 bits per heavy atom. The van der Waals surface area contributed by atoms with Crippen molar-refractivity contribution in [2.75, 3.05) is 12.9 Å². The van der Waals surface area contributed by atoms with Crippen LogP contribution in [0.1, 0.15) is 18.3 Å². The predicted octanol–water partition coefficient (Wildman–Crippen LogP) is 2.45. The maximum absolute atomic E-state index is 11.2. The third-order valence-corrected chi connectivity index (χ3v) is 3.95. The number of rotatable bonds is 7. The number of carbonyl (C=O) groups is 1. The molecule has 1 aromatic carbocycles. The molecule has 0 radical (unpaired) electrons. The third-order valence-electron chi connectivity index (χ3n) is 3.01. The van der Waals surface area contributed by atoms with Crippen LogP contribution in [0, 0.1) is 6.92 Å². The van der Waals surface area contributed by atoms with E-state index in [0.717, 1.165) is 17.1 Å². The van der Waals surface area contributed by atoms with Crippen LogP contribution in [0.5, 0.6) is 5.75 Å². The largest absolute Gasteiger partial charge is 0.486 e. The molecule has 6 nitrogen and oxygen atoms in total. The van der Waals surface area contributed by atoms with E-state index in [1.165, 1.54) is 18.9 Å². The first kappa shape index (κ1) is 16.4. The van der Waals surface area contributed by atoms with Crippen molar-refractivity contribution in [2.24, 2.45) is 0 Å². The summed E-state index contributed by atoms with van der Waals surface area (Å²) in [5.41, 5.74) is 1.14.